The lowest BCUT2D eigenvalue weighted by Gasteiger charge is -2.14. The van der Waals surface area contributed by atoms with Crippen molar-refractivity contribution in [1.82, 2.24) is 4.72 Å². The van der Waals surface area contributed by atoms with Crippen LogP contribution in [-0.4, -0.2) is 35.3 Å². The van der Waals surface area contributed by atoms with E-state index in [-0.39, 0.29) is 18.0 Å². The maximum absolute atomic E-state index is 12.5. The number of hydrogen-bond donors (Lipinski definition) is 2. The summed E-state index contributed by atoms with van der Waals surface area (Å²) in [5.41, 5.74) is 1.02. The minimum Gasteiger partial charge on any atom is -0.496 e. The maximum Gasteiger partial charge on any atom is 0.411 e. The van der Waals surface area contributed by atoms with Crippen LogP contribution in [-0.2, 0) is 21.3 Å². The predicted molar refractivity (Wildman–Crippen MR) is 101 cm³/mol. The summed E-state index contributed by atoms with van der Waals surface area (Å²) in [7, 11) is -0.765. The summed E-state index contributed by atoms with van der Waals surface area (Å²) in [6.07, 6.45) is -0.602. The third-order valence-electron chi connectivity index (χ3n) is 3.66. The van der Waals surface area contributed by atoms with E-state index < -0.39 is 16.1 Å². The maximum atomic E-state index is 12.5. The van der Waals surface area contributed by atoms with Gasteiger partial charge >= 0.3 is 6.09 Å². The quantitative estimate of drug-likeness (QED) is 0.714. The number of carbonyl (C=O) groups is 1. The number of nitrogens with one attached hydrogen (secondary N) is 2. The van der Waals surface area contributed by atoms with Gasteiger partial charge in [0.05, 0.1) is 31.3 Å². The molecule has 2 N–H and O–H groups in total. The number of sulfonamides is 1. The first-order valence-corrected chi connectivity index (χ1v) is 9.63. The van der Waals surface area contributed by atoms with Gasteiger partial charge in [-0.3, -0.25) is 5.32 Å². The molecular weight excluding hydrogens is 372 g/mol. The Morgan fingerprint density at radius 3 is 2.11 bits per heavy atom. The molecule has 146 valence electrons. The van der Waals surface area contributed by atoms with E-state index >= 15 is 0 Å². The molecule has 0 aliphatic heterocycles. The van der Waals surface area contributed by atoms with Crippen LogP contribution in [0.3, 0.4) is 0 Å². The predicted octanol–water partition coefficient (Wildman–Crippen LogP) is 2.75. The Bertz CT molecular complexity index is 859. The Morgan fingerprint density at radius 2 is 1.59 bits per heavy atom. The summed E-state index contributed by atoms with van der Waals surface area (Å²) in [6.45, 7) is 1.94. The van der Waals surface area contributed by atoms with Crippen molar-refractivity contribution in [3.63, 3.8) is 0 Å². The minimum atomic E-state index is -3.77. The number of amides is 1. The Labute approximate surface area is 158 Å². The molecule has 27 heavy (non-hydrogen) atoms. The minimum absolute atomic E-state index is 0.00164. The van der Waals surface area contributed by atoms with Crippen LogP contribution >= 0.6 is 0 Å². The lowest BCUT2D eigenvalue weighted by Crippen LogP contribution is -2.24. The van der Waals surface area contributed by atoms with Crippen molar-refractivity contribution in [2.24, 2.45) is 0 Å². The van der Waals surface area contributed by atoms with Crippen LogP contribution in [0.25, 0.3) is 0 Å². The average molecular weight is 394 g/mol. The molecule has 2 aromatic carbocycles. The molecule has 0 radical (unpaired) electrons. The highest BCUT2D eigenvalue weighted by Crippen LogP contribution is 2.28. The molecule has 0 saturated carbocycles. The second kappa shape index (κ2) is 9.24. The Balaban J connectivity index is 2.12. The Kier molecular flexibility index (Phi) is 7.03. The number of methoxy groups -OCH3 is 2. The lowest BCUT2D eigenvalue weighted by molar-refractivity contribution is 0.168. The molecule has 0 aliphatic rings. The van der Waals surface area contributed by atoms with E-state index in [1.54, 1.807) is 25.1 Å². The van der Waals surface area contributed by atoms with Crippen molar-refractivity contribution < 1.29 is 27.4 Å². The van der Waals surface area contributed by atoms with Gasteiger partial charge in [0, 0.05) is 12.2 Å². The van der Waals surface area contributed by atoms with Crippen molar-refractivity contribution in [2.45, 2.75) is 18.4 Å². The highest BCUT2D eigenvalue weighted by atomic mass is 32.2. The van der Waals surface area contributed by atoms with Gasteiger partial charge in [0.2, 0.25) is 10.0 Å². The number of carbonyl (C=O) groups excluding carboxylic acids is 1. The van der Waals surface area contributed by atoms with Crippen LogP contribution in [0.2, 0.25) is 0 Å². The molecule has 0 heterocycles. The topological polar surface area (TPSA) is 103 Å². The smallest absolute Gasteiger partial charge is 0.411 e. The molecular formula is C18H22N2O6S. The summed E-state index contributed by atoms with van der Waals surface area (Å²) >= 11 is 0. The second-order valence-corrected chi connectivity index (χ2v) is 7.10. The molecule has 2 rings (SSSR count). The highest BCUT2D eigenvalue weighted by Gasteiger charge is 2.17. The SMILES string of the molecule is CCOC(=O)Nc1ccc(S(=O)(=O)NCc2c(OC)cccc2OC)cc1. The number of anilines is 1. The van der Waals surface area contributed by atoms with Crippen molar-refractivity contribution in [3.8, 4) is 11.5 Å². The number of benzene rings is 2. The zero-order valence-electron chi connectivity index (χ0n) is 15.3. The van der Waals surface area contributed by atoms with Gasteiger partial charge in [-0.25, -0.2) is 17.9 Å². The van der Waals surface area contributed by atoms with Gasteiger partial charge in [0.1, 0.15) is 11.5 Å². The van der Waals surface area contributed by atoms with E-state index in [1.165, 1.54) is 38.5 Å². The molecule has 8 nitrogen and oxygen atoms in total. The fourth-order valence-electron chi connectivity index (χ4n) is 2.36. The first-order chi connectivity index (χ1) is 12.9. The van der Waals surface area contributed by atoms with Crippen LogP contribution in [0.1, 0.15) is 12.5 Å². The van der Waals surface area contributed by atoms with Crippen molar-refractivity contribution in [1.29, 1.82) is 0 Å². The third kappa shape index (κ3) is 5.35. The number of rotatable bonds is 8. The van der Waals surface area contributed by atoms with Gasteiger partial charge in [0.25, 0.3) is 0 Å². The Hall–Kier alpha value is -2.78. The molecule has 0 spiro atoms. The summed E-state index contributed by atoms with van der Waals surface area (Å²) in [5.74, 6) is 1.04. The number of hydrogen-bond acceptors (Lipinski definition) is 6. The standard InChI is InChI=1S/C18H22N2O6S/c1-4-26-18(21)20-13-8-10-14(11-9-13)27(22,23)19-12-15-16(24-2)6-5-7-17(15)25-3/h5-11,19H,4,12H2,1-3H3,(H,20,21). The zero-order valence-corrected chi connectivity index (χ0v) is 16.1. The first-order valence-electron chi connectivity index (χ1n) is 8.14. The highest BCUT2D eigenvalue weighted by molar-refractivity contribution is 7.89. The number of ether oxygens (including phenoxy) is 3. The fraction of sp³-hybridized carbons (Fsp3) is 0.278. The molecule has 0 saturated heterocycles. The van der Waals surface area contributed by atoms with Crippen molar-refractivity contribution in [3.05, 3.63) is 48.0 Å². The lowest BCUT2D eigenvalue weighted by atomic mass is 10.2. The normalized spacial score (nSPS) is 10.9. The monoisotopic (exact) mass is 394 g/mol. The van der Waals surface area contributed by atoms with E-state index in [4.69, 9.17) is 14.2 Å². The molecule has 0 unspecified atom stereocenters. The first kappa shape index (κ1) is 20.5. The van der Waals surface area contributed by atoms with Gasteiger partial charge in [-0.2, -0.15) is 0 Å². The van der Waals surface area contributed by atoms with Gasteiger partial charge in [-0.1, -0.05) is 6.07 Å². The van der Waals surface area contributed by atoms with E-state index in [0.717, 1.165) is 0 Å². The molecule has 0 fully saturated rings. The van der Waals surface area contributed by atoms with Gasteiger partial charge in [-0.15, -0.1) is 0 Å². The zero-order chi connectivity index (χ0) is 19.9. The molecule has 0 bridgehead atoms. The van der Waals surface area contributed by atoms with Crippen molar-refractivity contribution >= 4 is 21.8 Å². The van der Waals surface area contributed by atoms with Crippen LogP contribution in [0.15, 0.2) is 47.4 Å². The largest absolute Gasteiger partial charge is 0.496 e. The average Bonchev–Trinajstić information content (AvgIpc) is 2.66. The summed E-state index contributed by atoms with van der Waals surface area (Å²) < 4.78 is 42.9. The molecule has 2 aromatic rings. The summed E-state index contributed by atoms with van der Waals surface area (Å²) in [5, 5.41) is 2.50. The van der Waals surface area contributed by atoms with Gasteiger partial charge in [-0.05, 0) is 43.3 Å². The van der Waals surface area contributed by atoms with E-state index in [9.17, 15) is 13.2 Å². The van der Waals surface area contributed by atoms with E-state index in [0.29, 0.717) is 22.7 Å². The van der Waals surface area contributed by atoms with Crippen molar-refractivity contribution in [2.75, 3.05) is 26.1 Å². The molecule has 1 amide bonds. The van der Waals surface area contributed by atoms with Gasteiger partial charge in [0.15, 0.2) is 0 Å². The van der Waals surface area contributed by atoms with Crippen LogP contribution in [0.4, 0.5) is 10.5 Å². The molecule has 0 atom stereocenters. The second-order valence-electron chi connectivity index (χ2n) is 5.34. The van der Waals surface area contributed by atoms with E-state index in [2.05, 4.69) is 10.0 Å². The summed E-state index contributed by atoms with van der Waals surface area (Å²) in [6, 6.07) is 11.0. The molecule has 0 aliphatic carbocycles. The third-order valence-corrected chi connectivity index (χ3v) is 5.07. The van der Waals surface area contributed by atoms with Crippen LogP contribution < -0.4 is 19.5 Å². The Morgan fingerprint density at radius 1 is 1.00 bits per heavy atom. The van der Waals surface area contributed by atoms with E-state index in [1.807, 2.05) is 0 Å². The molecule has 0 aromatic heterocycles. The van der Waals surface area contributed by atoms with Crippen LogP contribution in [0.5, 0.6) is 11.5 Å². The van der Waals surface area contributed by atoms with Gasteiger partial charge < -0.3 is 14.2 Å². The van der Waals surface area contributed by atoms with Crippen LogP contribution in [0, 0.1) is 0 Å². The fourth-order valence-corrected chi connectivity index (χ4v) is 3.35. The molecule has 9 heteroatoms. The summed E-state index contributed by atoms with van der Waals surface area (Å²) in [4.78, 5) is 11.4.